The Kier molecular flexibility index (Phi) is 6.49. The first-order valence-corrected chi connectivity index (χ1v) is 12.0. The molecule has 2 aliphatic rings. The van der Waals surface area contributed by atoms with Crippen LogP contribution in [-0.2, 0) is 9.59 Å². The molecule has 0 saturated carbocycles. The highest BCUT2D eigenvalue weighted by Gasteiger charge is 2.22. The molecule has 0 aromatic heterocycles. The van der Waals surface area contributed by atoms with Crippen LogP contribution in [-0.4, -0.2) is 36.7 Å². The van der Waals surface area contributed by atoms with Crippen molar-refractivity contribution in [1.82, 2.24) is 0 Å². The third kappa shape index (κ3) is 4.98. The van der Waals surface area contributed by atoms with E-state index in [-0.39, 0.29) is 23.6 Å². The predicted molar refractivity (Wildman–Crippen MR) is 138 cm³/mol. The topological polar surface area (TPSA) is 98.8 Å². The lowest BCUT2D eigenvalue weighted by Crippen LogP contribution is -2.23. The monoisotopic (exact) mass is 482 g/mol. The van der Waals surface area contributed by atoms with E-state index >= 15 is 0 Å². The second kappa shape index (κ2) is 10.0. The molecule has 8 heteroatoms. The Morgan fingerprint density at radius 1 is 0.556 bits per heavy atom. The summed E-state index contributed by atoms with van der Waals surface area (Å²) in [6, 6.07) is 20.8. The second-order valence-electron chi connectivity index (χ2n) is 8.88. The summed E-state index contributed by atoms with van der Waals surface area (Å²) in [7, 11) is 0. The Morgan fingerprint density at radius 2 is 0.917 bits per heavy atom. The largest absolute Gasteiger partial charge is 0.322 e. The maximum atomic E-state index is 12.6. The highest BCUT2D eigenvalue weighted by molar-refractivity contribution is 6.07. The van der Waals surface area contributed by atoms with Crippen molar-refractivity contribution in [3.63, 3.8) is 0 Å². The lowest BCUT2D eigenvalue weighted by atomic mass is 10.1. The molecular formula is C28H26N4O4. The van der Waals surface area contributed by atoms with E-state index in [1.54, 1.807) is 58.3 Å². The van der Waals surface area contributed by atoms with Crippen LogP contribution in [0.15, 0.2) is 72.8 Å². The van der Waals surface area contributed by atoms with E-state index < -0.39 is 0 Å². The van der Waals surface area contributed by atoms with E-state index in [1.807, 2.05) is 24.3 Å². The smallest absolute Gasteiger partial charge is 0.255 e. The van der Waals surface area contributed by atoms with Gasteiger partial charge in [-0.05, 0) is 85.6 Å². The van der Waals surface area contributed by atoms with Gasteiger partial charge in [0.15, 0.2) is 0 Å². The number of hydrogen-bond donors (Lipinski definition) is 2. The minimum atomic E-state index is -0.293. The number of hydrogen-bond acceptors (Lipinski definition) is 4. The number of nitrogens with one attached hydrogen (secondary N) is 2. The highest BCUT2D eigenvalue weighted by atomic mass is 16.2. The molecule has 0 radical (unpaired) electrons. The molecule has 2 N–H and O–H groups in total. The zero-order chi connectivity index (χ0) is 25.1. The highest BCUT2D eigenvalue weighted by Crippen LogP contribution is 2.24. The number of carbonyl (C=O) groups is 4. The molecule has 0 aliphatic carbocycles. The van der Waals surface area contributed by atoms with Crippen LogP contribution < -0.4 is 20.4 Å². The van der Waals surface area contributed by atoms with Gasteiger partial charge in [0.05, 0.1) is 0 Å². The van der Waals surface area contributed by atoms with Crippen LogP contribution in [0.3, 0.4) is 0 Å². The number of benzene rings is 3. The minimum Gasteiger partial charge on any atom is -0.322 e. The minimum absolute atomic E-state index is 0.117. The fourth-order valence-electron chi connectivity index (χ4n) is 4.47. The van der Waals surface area contributed by atoms with Gasteiger partial charge >= 0.3 is 0 Å². The van der Waals surface area contributed by atoms with Gasteiger partial charge in [-0.25, -0.2) is 0 Å². The van der Waals surface area contributed by atoms with Crippen molar-refractivity contribution >= 4 is 46.4 Å². The predicted octanol–water partition coefficient (Wildman–Crippen LogP) is 4.44. The normalized spacial score (nSPS) is 15.3. The Hall–Kier alpha value is -4.46. The molecule has 2 fully saturated rings. The van der Waals surface area contributed by atoms with Gasteiger partial charge in [-0.1, -0.05) is 0 Å². The average Bonchev–Trinajstić information content (AvgIpc) is 3.53. The fourth-order valence-corrected chi connectivity index (χ4v) is 4.47. The maximum absolute atomic E-state index is 12.6. The van der Waals surface area contributed by atoms with Gasteiger partial charge in [0.1, 0.15) is 0 Å². The molecule has 5 rings (SSSR count). The Labute approximate surface area is 208 Å². The van der Waals surface area contributed by atoms with Gasteiger partial charge in [0.2, 0.25) is 11.8 Å². The zero-order valence-electron chi connectivity index (χ0n) is 19.7. The van der Waals surface area contributed by atoms with Crippen LogP contribution in [0.25, 0.3) is 0 Å². The Morgan fingerprint density at radius 3 is 1.22 bits per heavy atom. The molecule has 3 aromatic carbocycles. The summed E-state index contributed by atoms with van der Waals surface area (Å²) in [5, 5.41) is 5.67. The van der Waals surface area contributed by atoms with E-state index in [2.05, 4.69) is 10.6 Å². The molecule has 4 amide bonds. The van der Waals surface area contributed by atoms with Crippen LogP contribution >= 0.6 is 0 Å². The van der Waals surface area contributed by atoms with E-state index in [0.717, 1.165) is 37.3 Å². The molecule has 182 valence electrons. The van der Waals surface area contributed by atoms with Crippen LogP contribution in [0.4, 0.5) is 22.7 Å². The fraction of sp³-hybridized carbons (Fsp3) is 0.214. The number of amides is 4. The number of nitrogens with zero attached hydrogens (tertiary/aromatic N) is 2. The second-order valence-corrected chi connectivity index (χ2v) is 8.88. The zero-order valence-corrected chi connectivity index (χ0v) is 19.7. The first-order chi connectivity index (χ1) is 17.5. The third-order valence-electron chi connectivity index (χ3n) is 6.43. The molecule has 0 atom stereocenters. The Bertz CT molecular complexity index is 1200. The van der Waals surface area contributed by atoms with Crippen LogP contribution in [0.1, 0.15) is 46.4 Å². The number of carbonyl (C=O) groups excluding carboxylic acids is 4. The quantitative estimate of drug-likeness (QED) is 0.543. The molecule has 0 unspecified atom stereocenters. The van der Waals surface area contributed by atoms with Crippen LogP contribution in [0, 0.1) is 0 Å². The standard InChI is InChI=1S/C28H26N4O4/c33-25-3-1-17-31(25)23-13-9-21(10-14-23)29-27(35)19-5-7-20(8-6-19)28(36)30-22-11-15-24(16-12-22)32-18-2-4-26(32)34/h5-16H,1-4,17-18H2,(H,29,35)(H,30,36). The molecule has 0 bridgehead atoms. The molecule has 2 saturated heterocycles. The summed E-state index contributed by atoms with van der Waals surface area (Å²) in [6.45, 7) is 1.44. The maximum Gasteiger partial charge on any atom is 0.255 e. The van der Waals surface area contributed by atoms with Gasteiger partial charge in [-0.15, -0.1) is 0 Å². The molecule has 8 nitrogen and oxygen atoms in total. The average molecular weight is 483 g/mol. The number of rotatable bonds is 6. The third-order valence-corrected chi connectivity index (χ3v) is 6.43. The molecule has 2 heterocycles. The summed E-state index contributed by atoms with van der Waals surface area (Å²) in [6.07, 6.45) is 2.86. The van der Waals surface area contributed by atoms with Gasteiger partial charge in [0, 0.05) is 59.8 Å². The lowest BCUT2D eigenvalue weighted by molar-refractivity contribution is -0.117. The number of anilines is 4. The van der Waals surface area contributed by atoms with Crippen LogP contribution in [0.5, 0.6) is 0 Å². The van der Waals surface area contributed by atoms with Gasteiger partial charge < -0.3 is 20.4 Å². The van der Waals surface area contributed by atoms with Crippen molar-refractivity contribution in [3.05, 3.63) is 83.9 Å². The van der Waals surface area contributed by atoms with Crippen molar-refractivity contribution in [3.8, 4) is 0 Å². The Balaban J connectivity index is 1.17. The molecule has 2 aliphatic heterocycles. The first-order valence-electron chi connectivity index (χ1n) is 12.0. The van der Waals surface area contributed by atoms with E-state index in [1.165, 1.54) is 0 Å². The molecule has 36 heavy (non-hydrogen) atoms. The van der Waals surface area contributed by atoms with Gasteiger partial charge in [-0.2, -0.15) is 0 Å². The SMILES string of the molecule is O=C(Nc1ccc(N2CCCC2=O)cc1)c1ccc(C(=O)Nc2ccc(N3CCCC3=O)cc2)cc1. The summed E-state index contributed by atoms with van der Waals surface area (Å²) in [5.41, 5.74) is 3.73. The lowest BCUT2D eigenvalue weighted by Gasteiger charge is -2.16. The van der Waals surface area contributed by atoms with Crippen LogP contribution in [0.2, 0.25) is 0 Å². The summed E-state index contributed by atoms with van der Waals surface area (Å²) < 4.78 is 0. The van der Waals surface area contributed by atoms with Crippen molar-refractivity contribution in [2.24, 2.45) is 0 Å². The van der Waals surface area contributed by atoms with Crippen molar-refractivity contribution < 1.29 is 19.2 Å². The summed E-state index contributed by atoms with van der Waals surface area (Å²) in [4.78, 5) is 52.6. The van der Waals surface area contributed by atoms with Crippen molar-refractivity contribution in [2.75, 3.05) is 33.5 Å². The first kappa shape index (κ1) is 23.3. The van der Waals surface area contributed by atoms with Crippen molar-refractivity contribution in [1.29, 1.82) is 0 Å². The molecule has 0 spiro atoms. The van der Waals surface area contributed by atoms with Gasteiger partial charge in [0.25, 0.3) is 11.8 Å². The summed E-state index contributed by atoms with van der Waals surface area (Å²) in [5.74, 6) is -0.351. The van der Waals surface area contributed by atoms with E-state index in [4.69, 9.17) is 0 Å². The van der Waals surface area contributed by atoms with Gasteiger partial charge in [-0.3, -0.25) is 19.2 Å². The van der Waals surface area contributed by atoms with E-state index in [0.29, 0.717) is 35.3 Å². The van der Waals surface area contributed by atoms with E-state index in [9.17, 15) is 19.2 Å². The summed E-state index contributed by atoms with van der Waals surface area (Å²) >= 11 is 0. The molecule has 3 aromatic rings. The molecular weight excluding hydrogens is 456 g/mol. The van der Waals surface area contributed by atoms with Crippen molar-refractivity contribution in [2.45, 2.75) is 25.7 Å².